The predicted octanol–water partition coefficient (Wildman–Crippen LogP) is 3.11. The van der Waals surface area contributed by atoms with Crippen molar-refractivity contribution in [3.05, 3.63) is 59.9 Å². The lowest BCUT2D eigenvalue weighted by atomic mass is 10.2. The summed E-state index contributed by atoms with van der Waals surface area (Å²) in [5, 5.41) is 2.41. The van der Waals surface area contributed by atoms with E-state index in [1.807, 2.05) is 0 Å². The van der Waals surface area contributed by atoms with Gasteiger partial charge in [-0.3, -0.25) is 9.78 Å². The van der Waals surface area contributed by atoms with Crippen molar-refractivity contribution in [1.29, 1.82) is 0 Å². The number of nitrogens with one attached hydrogen (secondary N) is 1. The van der Waals surface area contributed by atoms with Crippen LogP contribution in [0.3, 0.4) is 0 Å². The smallest absolute Gasteiger partial charge is 0.277 e. The summed E-state index contributed by atoms with van der Waals surface area (Å²) < 4.78 is 37.7. The van der Waals surface area contributed by atoms with Crippen molar-refractivity contribution in [2.45, 2.75) is 0 Å². The topological polar surface area (TPSA) is 54.9 Å². The van der Waals surface area contributed by atoms with Gasteiger partial charge in [0.15, 0.2) is 11.5 Å². The van der Waals surface area contributed by atoms with Crippen molar-refractivity contribution < 1.29 is 18.0 Å². The molecule has 0 unspecified atom stereocenters. The van der Waals surface area contributed by atoms with Gasteiger partial charge < -0.3 is 5.32 Å². The Hall–Kier alpha value is -2.70. The molecule has 20 heavy (non-hydrogen) atoms. The number of anilines is 1. The van der Waals surface area contributed by atoms with Crippen LogP contribution in [0.25, 0.3) is 6.08 Å². The molecule has 4 nitrogen and oxygen atoms in total. The lowest BCUT2D eigenvalue weighted by molar-refractivity contribution is 0.101. The van der Waals surface area contributed by atoms with Crippen LogP contribution in [0, 0.1) is 5.82 Å². The Kier molecular flexibility index (Phi) is 4.09. The highest BCUT2D eigenvalue weighted by atomic mass is 19.3. The van der Waals surface area contributed by atoms with E-state index in [-0.39, 0.29) is 5.56 Å². The largest absolute Gasteiger partial charge is 0.320 e. The number of carbonyl (C=O) groups excluding carboxylic acids is 1. The van der Waals surface area contributed by atoms with Crippen molar-refractivity contribution in [3.63, 3.8) is 0 Å². The second-order valence-corrected chi connectivity index (χ2v) is 3.72. The van der Waals surface area contributed by atoms with E-state index in [0.29, 0.717) is 11.8 Å². The molecule has 2 aromatic heterocycles. The third-order valence-electron chi connectivity index (χ3n) is 2.29. The highest BCUT2D eigenvalue weighted by molar-refractivity contribution is 6.03. The summed E-state index contributed by atoms with van der Waals surface area (Å²) in [6.45, 7) is 0. The first-order valence-electron chi connectivity index (χ1n) is 5.46. The number of aromatic nitrogens is 2. The van der Waals surface area contributed by atoms with Gasteiger partial charge in [0.05, 0.1) is 0 Å². The molecule has 2 rings (SSSR count). The van der Waals surface area contributed by atoms with Crippen molar-refractivity contribution in [2.75, 3.05) is 5.32 Å². The number of hydrogen-bond donors (Lipinski definition) is 1. The average Bonchev–Trinajstić information content (AvgIpc) is 2.39. The number of rotatable bonds is 3. The second-order valence-electron chi connectivity index (χ2n) is 3.72. The Morgan fingerprint density at radius 1 is 1.25 bits per heavy atom. The van der Waals surface area contributed by atoms with E-state index in [4.69, 9.17) is 0 Å². The molecule has 0 spiro atoms. The monoisotopic (exact) mass is 279 g/mol. The Morgan fingerprint density at radius 2 is 1.95 bits per heavy atom. The van der Waals surface area contributed by atoms with E-state index in [1.54, 1.807) is 0 Å². The van der Waals surface area contributed by atoms with E-state index < -0.39 is 23.5 Å². The second kappa shape index (κ2) is 5.96. The van der Waals surface area contributed by atoms with E-state index in [9.17, 15) is 18.0 Å². The van der Waals surface area contributed by atoms with Crippen LogP contribution >= 0.6 is 0 Å². The van der Waals surface area contributed by atoms with E-state index in [0.717, 1.165) is 12.3 Å². The first-order chi connectivity index (χ1) is 9.56. The van der Waals surface area contributed by atoms with Crippen LogP contribution in [-0.2, 0) is 0 Å². The number of amides is 1. The SMILES string of the molecule is O=C(Nc1ccncc1)c1ncc(C=C(F)F)cc1F. The molecule has 1 amide bonds. The van der Waals surface area contributed by atoms with Crippen molar-refractivity contribution in [1.82, 2.24) is 9.97 Å². The molecule has 0 aromatic carbocycles. The first kappa shape index (κ1) is 13.7. The van der Waals surface area contributed by atoms with Crippen molar-refractivity contribution in [3.8, 4) is 0 Å². The zero-order valence-corrected chi connectivity index (χ0v) is 9.98. The minimum atomic E-state index is -1.97. The van der Waals surface area contributed by atoms with Gasteiger partial charge in [-0.15, -0.1) is 0 Å². The first-order valence-corrected chi connectivity index (χ1v) is 5.46. The fourth-order valence-corrected chi connectivity index (χ4v) is 1.45. The third-order valence-corrected chi connectivity index (χ3v) is 2.29. The molecule has 0 saturated carbocycles. The van der Waals surface area contributed by atoms with Gasteiger partial charge in [-0.25, -0.2) is 9.37 Å². The Bertz CT molecular complexity index is 655. The van der Waals surface area contributed by atoms with Gasteiger partial charge in [0.1, 0.15) is 0 Å². The van der Waals surface area contributed by atoms with Gasteiger partial charge in [-0.05, 0) is 18.2 Å². The molecule has 0 aliphatic heterocycles. The van der Waals surface area contributed by atoms with Crippen molar-refractivity contribution >= 4 is 17.7 Å². The molecule has 7 heteroatoms. The molecule has 0 saturated heterocycles. The molecule has 0 bridgehead atoms. The van der Waals surface area contributed by atoms with Gasteiger partial charge >= 0.3 is 0 Å². The summed E-state index contributed by atoms with van der Waals surface area (Å²) in [4.78, 5) is 19.1. The highest BCUT2D eigenvalue weighted by Crippen LogP contribution is 2.13. The fraction of sp³-hybridized carbons (Fsp3) is 0. The van der Waals surface area contributed by atoms with E-state index >= 15 is 0 Å². The van der Waals surface area contributed by atoms with E-state index in [1.165, 1.54) is 24.5 Å². The molecule has 1 N–H and O–H groups in total. The molecule has 0 atom stereocenters. The van der Waals surface area contributed by atoms with Crippen LogP contribution in [0.2, 0.25) is 0 Å². The Balaban J connectivity index is 2.21. The summed E-state index contributed by atoms with van der Waals surface area (Å²) in [7, 11) is 0. The van der Waals surface area contributed by atoms with E-state index in [2.05, 4.69) is 15.3 Å². The lowest BCUT2D eigenvalue weighted by Gasteiger charge is -2.05. The highest BCUT2D eigenvalue weighted by Gasteiger charge is 2.14. The molecule has 0 aliphatic rings. The quantitative estimate of drug-likeness (QED) is 0.939. The van der Waals surface area contributed by atoms with Gasteiger partial charge in [0.2, 0.25) is 0 Å². The van der Waals surface area contributed by atoms with Gasteiger partial charge in [-0.1, -0.05) is 0 Å². The summed E-state index contributed by atoms with van der Waals surface area (Å²) in [5.74, 6) is -1.75. The minimum absolute atomic E-state index is 0.122. The maximum Gasteiger partial charge on any atom is 0.277 e. The zero-order valence-electron chi connectivity index (χ0n) is 9.98. The average molecular weight is 279 g/mol. The molecule has 0 fully saturated rings. The van der Waals surface area contributed by atoms with Crippen LogP contribution < -0.4 is 5.32 Å². The van der Waals surface area contributed by atoms with Crippen LogP contribution in [0.4, 0.5) is 18.9 Å². The summed E-state index contributed by atoms with van der Waals surface area (Å²) >= 11 is 0. The summed E-state index contributed by atoms with van der Waals surface area (Å²) in [6, 6.07) is 3.85. The minimum Gasteiger partial charge on any atom is -0.320 e. The molecule has 2 heterocycles. The number of halogens is 3. The van der Waals surface area contributed by atoms with Crippen LogP contribution in [0.1, 0.15) is 16.1 Å². The number of nitrogens with zero attached hydrogens (tertiary/aromatic N) is 2. The van der Waals surface area contributed by atoms with Crippen LogP contribution in [-0.4, -0.2) is 15.9 Å². The number of hydrogen-bond acceptors (Lipinski definition) is 3. The fourth-order valence-electron chi connectivity index (χ4n) is 1.45. The number of carbonyl (C=O) groups is 1. The lowest BCUT2D eigenvalue weighted by Crippen LogP contribution is -2.15. The van der Waals surface area contributed by atoms with Crippen LogP contribution in [0.5, 0.6) is 0 Å². The predicted molar refractivity (Wildman–Crippen MR) is 66.6 cm³/mol. The van der Waals surface area contributed by atoms with Gasteiger partial charge in [0, 0.05) is 35.9 Å². The molecule has 2 aromatic rings. The maximum atomic E-state index is 13.6. The van der Waals surface area contributed by atoms with Gasteiger partial charge in [0.25, 0.3) is 12.0 Å². The summed E-state index contributed by atoms with van der Waals surface area (Å²) in [6.07, 6.45) is 2.39. The number of pyridine rings is 2. The molecular formula is C13H8F3N3O. The zero-order chi connectivity index (χ0) is 14.5. The Morgan fingerprint density at radius 3 is 2.55 bits per heavy atom. The van der Waals surface area contributed by atoms with Crippen molar-refractivity contribution in [2.24, 2.45) is 0 Å². The normalized spacial score (nSPS) is 9.95. The molecular weight excluding hydrogens is 271 g/mol. The molecule has 0 aliphatic carbocycles. The third kappa shape index (κ3) is 3.41. The molecule has 102 valence electrons. The standard InChI is InChI=1S/C13H8F3N3O/c14-10-5-8(6-11(15)16)7-18-12(10)13(20)19-9-1-3-17-4-2-9/h1-7H,(H,17,19,20). The van der Waals surface area contributed by atoms with Crippen LogP contribution in [0.15, 0.2) is 42.9 Å². The van der Waals surface area contributed by atoms with Gasteiger partial charge in [-0.2, -0.15) is 8.78 Å². The summed E-state index contributed by atoms with van der Waals surface area (Å²) in [5.41, 5.74) is -0.175. The Labute approximate surface area is 112 Å². The molecule has 0 radical (unpaired) electrons. The maximum absolute atomic E-state index is 13.6.